The third kappa shape index (κ3) is 3.20. The van der Waals surface area contributed by atoms with Gasteiger partial charge in [0.25, 0.3) is 0 Å². The lowest BCUT2D eigenvalue weighted by molar-refractivity contribution is -0.138. The van der Waals surface area contributed by atoms with Gasteiger partial charge in [0, 0.05) is 24.9 Å². The molecule has 0 spiro atoms. The van der Waals surface area contributed by atoms with Crippen LogP contribution in [0.3, 0.4) is 0 Å². The van der Waals surface area contributed by atoms with E-state index in [2.05, 4.69) is 13.8 Å². The van der Waals surface area contributed by atoms with Crippen LogP contribution in [-0.2, 0) is 4.79 Å². The van der Waals surface area contributed by atoms with Crippen molar-refractivity contribution in [3.8, 4) is 0 Å². The van der Waals surface area contributed by atoms with E-state index in [-0.39, 0.29) is 17.4 Å². The van der Waals surface area contributed by atoms with E-state index < -0.39 is 0 Å². The second-order valence-corrected chi connectivity index (χ2v) is 5.71. The van der Waals surface area contributed by atoms with Crippen LogP contribution in [0.25, 0.3) is 0 Å². The molecule has 3 nitrogen and oxygen atoms in total. The molecular weight excluding hydrogens is 190 g/mol. The van der Waals surface area contributed by atoms with Crippen molar-refractivity contribution in [3.05, 3.63) is 0 Å². The highest BCUT2D eigenvalue weighted by molar-refractivity contribution is 5.76. The molecule has 1 aliphatic rings. The SMILES string of the molecule is CC(C)CC(=O)N1CCC(O)C(C)(C)C1. The molecule has 1 rings (SSSR count). The summed E-state index contributed by atoms with van der Waals surface area (Å²) in [7, 11) is 0. The Morgan fingerprint density at radius 1 is 1.53 bits per heavy atom. The number of aliphatic hydroxyl groups excluding tert-OH is 1. The van der Waals surface area contributed by atoms with Crippen LogP contribution in [0.15, 0.2) is 0 Å². The number of rotatable bonds is 2. The molecule has 0 bridgehead atoms. The van der Waals surface area contributed by atoms with Crippen LogP contribution in [0.1, 0.15) is 40.5 Å². The molecule has 1 aliphatic heterocycles. The van der Waals surface area contributed by atoms with Crippen molar-refractivity contribution < 1.29 is 9.90 Å². The largest absolute Gasteiger partial charge is 0.392 e. The number of likely N-dealkylation sites (tertiary alicyclic amines) is 1. The summed E-state index contributed by atoms with van der Waals surface area (Å²) in [5.74, 6) is 0.637. The van der Waals surface area contributed by atoms with E-state index in [0.717, 1.165) is 0 Å². The Morgan fingerprint density at radius 3 is 2.60 bits per heavy atom. The number of hydrogen-bond acceptors (Lipinski definition) is 2. The standard InChI is InChI=1S/C12H23NO2/c1-9(2)7-11(15)13-6-5-10(14)12(3,4)8-13/h9-10,14H,5-8H2,1-4H3. The van der Waals surface area contributed by atoms with E-state index in [1.165, 1.54) is 0 Å². The molecule has 1 fully saturated rings. The summed E-state index contributed by atoms with van der Waals surface area (Å²) in [6.45, 7) is 9.54. The summed E-state index contributed by atoms with van der Waals surface area (Å²) in [6, 6.07) is 0. The molecule has 1 amide bonds. The van der Waals surface area contributed by atoms with Crippen LogP contribution in [-0.4, -0.2) is 35.1 Å². The molecule has 0 radical (unpaired) electrons. The summed E-state index contributed by atoms with van der Waals surface area (Å²) in [5.41, 5.74) is -0.162. The van der Waals surface area contributed by atoms with Crippen LogP contribution in [0, 0.1) is 11.3 Å². The topological polar surface area (TPSA) is 40.5 Å². The maximum atomic E-state index is 11.8. The van der Waals surface area contributed by atoms with Crippen LogP contribution >= 0.6 is 0 Å². The Balaban J connectivity index is 2.55. The molecule has 0 aliphatic carbocycles. The molecule has 0 saturated carbocycles. The summed E-state index contributed by atoms with van der Waals surface area (Å²) < 4.78 is 0. The zero-order valence-corrected chi connectivity index (χ0v) is 10.3. The van der Waals surface area contributed by atoms with Gasteiger partial charge in [-0.15, -0.1) is 0 Å². The quantitative estimate of drug-likeness (QED) is 0.757. The van der Waals surface area contributed by atoms with Crippen molar-refractivity contribution in [2.75, 3.05) is 13.1 Å². The van der Waals surface area contributed by atoms with Crippen molar-refractivity contribution in [1.82, 2.24) is 4.90 Å². The van der Waals surface area contributed by atoms with Crippen LogP contribution in [0.2, 0.25) is 0 Å². The van der Waals surface area contributed by atoms with Crippen molar-refractivity contribution in [3.63, 3.8) is 0 Å². The second-order valence-electron chi connectivity index (χ2n) is 5.71. The first kappa shape index (κ1) is 12.5. The van der Waals surface area contributed by atoms with Crippen molar-refractivity contribution in [2.24, 2.45) is 11.3 Å². The monoisotopic (exact) mass is 213 g/mol. The van der Waals surface area contributed by atoms with Crippen LogP contribution in [0.5, 0.6) is 0 Å². The summed E-state index contributed by atoms with van der Waals surface area (Å²) in [4.78, 5) is 13.7. The maximum absolute atomic E-state index is 11.8. The summed E-state index contributed by atoms with van der Waals surface area (Å²) in [5, 5.41) is 9.78. The van der Waals surface area contributed by atoms with Gasteiger partial charge in [0.05, 0.1) is 6.10 Å². The van der Waals surface area contributed by atoms with Gasteiger partial charge in [-0.05, 0) is 12.3 Å². The Kier molecular flexibility index (Phi) is 3.77. The smallest absolute Gasteiger partial charge is 0.222 e. The highest BCUT2D eigenvalue weighted by Crippen LogP contribution is 2.29. The van der Waals surface area contributed by atoms with E-state index in [9.17, 15) is 9.90 Å². The fraction of sp³-hybridized carbons (Fsp3) is 0.917. The van der Waals surface area contributed by atoms with E-state index in [0.29, 0.717) is 31.8 Å². The van der Waals surface area contributed by atoms with Crippen molar-refractivity contribution in [2.45, 2.75) is 46.6 Å². The van der Waals surface area contributed by atoms with E-state index in [1.54, 1.807) is 0 Å². The minimum atomic E-state index is -0.277. The molecule has 1 atom stereocenters. The fourth-order valence-corrected chi connectivity index (χ4v) is 2.04. The van der Waals surface area contributed by atoms with E-state index in [1.807, 2.05) is 18.7 Å². The molecule has 88 valence electrons. The Bertz CT molecular complexity index is 236. The Hall–Kier alpha value is -0.570. The van der Waals surface area contributed by atoms with Gasteiger partial charge in [0.1, 0.15) is 0 Å². The number of piperidine rings is 1. The van der Waals surface area contributed by atoms with Crippen LogP contribution < -0.4 is 0 Å². The molecular formula is C12H23NO2. The second kappa shape index (κ2) is 4.52. The van der Waals surface area contributed by atoms with Crippen LogP contribution in [0.4, 0.5) is 0 Å². The number of hydrogen-bond donors (Lipinski definition) is 1. The number of carbonyl (C=O) groups excluding carboxylic acids is 1. The van der Waals surface area contributed by atoms with Gasteiger partial charge in [-0.3, -0.25) is 4.79 Å². The first-order valence-electron chi connectivity index (χ1n) is 5.79. The predicted octanol–water partition coefficient (Wildman–Crippen LogP) is 1.65. The minimum Gasteiger partial charge on any atom is -0.392 e. The van der Waals surface area contributed by atoms with Gasteiger partial charge in [-0.2, -0.15) is 0 Å². The third-order valence-corrected chi connectivity index (χ3v) is 3.11. The molecule has 0 aromatic carbocycles. The molecule has 1 N–H and O–H groups in total. The van der Waals surface area contributed by atoms with Gasteiger partial charge in [-0.1, -0.05) is 27.7 Å². The molecule has 1 unspecified atom stereocenters. The van der Waals surface area contributed by atoms with Crippen molar-refractivity contribution in [1.29, 1.82) is 0 Å². The zero-order valence-electron chi connectivity index (χ0n) is 10.3. The van der Waals surface area contributed by atoms with Gasteiger partial charge in [0.15, 0.2) is 0 Å². The Labute approximate surface area is 92.5 Å². The average Bonchev–Trinajstić information content (AvgIpc) is 2.08. The van der Waals surface area contributed by atoms with Gasteiger partial charge < -0.3 is 10.0 Å². The third-order valence-electron chi connectivity index (χ3n) is 3.11. The molecule has 1 heterocycles. The lowest BCUT2D eigenvalue weighted by Gasteiger charge is -2.42. The number of carbonyl (C=O) groups is 1. The average molecular weight is 213 g/mol. The lowest BCUT2D eigenvalue weighted by Crippen LogP contribution is -2.50. The zero-order chi connectivity index (χ0) is 11.6. The van der Waals surface area contributed by atoms with Crippen molar-refractivity contribution >= 4 is 5.91 Å². The van der Waals surface area contributed by atoms with Gasteiger partial charge in [-0.25, -0.2) is 0 Å². The van der Waals surface area contributed by atoms with Gasteiger partial charge in [0.2, 0.25) is 5.91 Å². The summed E-state index contributed by atoms with van der Waals surface area (Å²) in [6.07, 6.45) is 1.05. The van der Waals surface area contributed by atoms with E-state index in [4.69, 9.17) is 0 Å². The molecule has 1 saturated heterocycles. The molecule has 3 heteroatoms. The predicted molar refractivity (Wildman–Crippen MR) is 60.4 cm³/mol. The first-order chi connectivity index (χ1) is 6.83. The molecule has 0 aromatic heterocycles. The van der Waals surface area contributed by atoms with E-state index >= 15 is 0 Å². The lowest BCUT2D eigenvalue weighted by atomic mass is 9.81. The minimum absolute atomic E-state index is 0.162. The number of aliphatic hydroxyl groups is 1. The molecule has 0 aromatic rings. The number of amides is 1. The first-order valence-corrected chi connectivity index (χ1v) is 5.79. The fourth-order valence-electron chi connectivity index (χ4n) is 2.04. The summed E-state index contributed by atoms with van der Waals surface area (Å²) >= 11 is 0. The van der Waals surface area contributed by atoms with Gasteiger partial charge >= 0.3 is 0 Å². The number of nitrogens with zero attached hydrogens (tertiary/aromatic N) is 1. The Morgan fingerprint density at radius 2 is 2.13 bits per heavy atom. The highest BCUT2D eigenvalue weighted by atomic mass is 16.3. The molecule has 15 heavy (non-hydrogen) atoms. The highest BCUT2D eigenvalue weighted by Gasteiger charge is 2.36. The maximum Gasteiger partial charge on any atom is 0.222 e. The normalized spacial score (nSPS) is 25.7.